The normalized spacial score (nSPS) is 23.6. The van der Waals surface area contributed by atoms with Crippen molar-refractivity contribution < 1.29 is 13.5 Å². The number of hydrogen-bond acceptors (Lipinski definition) is 7. The summed E-state index contributed by atoms with van der Waals surface area (Å²) in [6.45, 7) is 2.97. The van der Waals surface area contributed by atoms with E-state index in [0.717, 1.165) is 24.0 Å². The van der Waals surface area contributed by atoms with Crippen LogP contribution in [0.15, 0.2) is 4.90 Å². The maximum atomic E-state index is 12.0. The Labute approximate surface area is 128 Å². The fraction of sp³-hybridized carbons (Fsp3) is 0.615. The van der Waals surface area contributed by atoms with E-state index in [-0.39, 0.29) is 15.5 Å². The number of thiophene rings is 1. The lowest BCUT2D eigenvalue weighted by molar-refractivity contribution is 0.0481. The summed E-state index contributed by atoms with van der Waals surface area (Å²) >= 11 is 1.11. The summed E-state index contributed by atoms with van der Waals surface area (Å²) in [4.78, 5) is 2.19. The van der Waals surface area contributed by atoms with E-state index in [9.17, 15) is 13.5 Å². The Hall–Kier alpha value is -1.30. The maximum absolute atomic E-state index is 12.0. The van der Waals surface area contributed by atoms with Gasteiger partial charge >= 0.3 is 0 Å². The van der Waals surface area contributed by atoms with E-state index in [1.54, 1.807) is 6.92 Å². The zero-order chi connectivity index (χ0) is 15.8. The summed E-state index contributed by atoms with van der Waals surface area (Å²) in [5.74, 6) is 0. The van der Waals surface area contributed by atoms with Crippen LogP contribution in [0.4, 0.5) is 10.7 Å². The molecular formula is C13H19N3O3S2. The first-order chi connectivity index (χ1) is 9.65. The minimum atomic E-state index is -3.51. The van der Waals surface area contributed by atoms with Crippen LogP contribution in [-0.2, 0) is 9.84 Å². The highest BCUT2D eigenvalue weighted by molar-refractivity contribution is 7.91. The minimum Gasteiger partial charge on any atom is -0.396 e. The molecule has 0 saturated carbocycles. The largest absolute Gasteiger partial charge is 0.396 e. The maximum Gasteiger partial charge on any atom is 0.180 e. The number of nitrogen functional groups attached to an aromatic ring is 1. The molecule has 1 aromatic heterocycles. The van der Waals surface area contributed by atoms with Crippen molar-refractivity contribution in [2.75, 3.05) is 30.0 Å². The van der Waals surface area contributed by atoms with Gasteiger partial charge in [-0.1, -0.05) is 0 Å². The first-order valence-electron chi connectivity index (χ1n) is 6.65. The molecule has 8 heteroatoms. The van der Waals surface area contributed by atoms with E-state index >= 15 is 0 Å². The van der Waals surface area contributed by atoms with Crippen molar-refractivity contribution in [2.45, 2.75) is 36.7 Å². The van der Waals surface area contributed by atoms with Crippen LogP contribution in [0.2, 0.25) is 0 Å². The van der Waals surface area contributed by atoms with E-state index < -0.39 is 15.4 Å². The zero-order valence-electron chi connectivity index (χ0n) is 12.1. The third-order valence-electron chi connectivity index (χ3n) is 3.71. The fourth-order valence-electron chi connectivity index (χ4n) is 2.53. The molecule has 6 nitrogen and oxygen atoms in total. The monoisotopic (exact) mass is 329 g/mol. The van der Waals surface area contributed by atoms with E-state index in [1.807, 2.05) is 11.0 Å². The van der Waals surface area contributed by atoms with Crippen LogP contribution in [0.5, 0.6) is 0 Å². The number of aliphatic hydroxyl groups is 1. The Kier molecular flexibility index (Phi) is 4.19. The highest BCUT2D eigenvalue weighted by Crippen LogP contribution is 2.42. The molecule has 1 atom stereocenters. The van der Waals surface area contributed by atoms with Gasteiger partial charge in [0.25, 0.3) is 0 Å². The summed E-state index contributed by atoms with van der Waals surface area (Å²) in [5.41, 5.74) is 5.14. The van der Waals surface area contributed by atoms with Crippen LogP contribution in [0.25, 0.3) is 0 Å². The molecule has 21 heavy (non-hydrogen) atoms. The molecule has 3 N–H and O–H groups in total. The van der Waals surface area contributed by atoms with Gasteiger partial charge in [-0.3, -0.25) is 0 Å². The number of sulfone groups is 1. The lowest BCUT2D eigenvalue weighted by Crippen LogP contribution is -2.28. The molecule has 0 spiro atoms. The van der Waals surface area contributed by atoms with Crippen molar-refractivity contribution >= 4 is 31.9 Å². The smallest absolute Gasteiger partial charge is 0.180 e. The SMILES string of the molecule is CC1(O)CCCN(c2sc(C#N)c(N)c2S(C)(=O)=O)CC1. The Balaban J connectivity index is 2.47. The summed E-state index contributed by atoms with van der Waals surface area (Å²) in [7, 11) is -3.51. The number of anilines is 2. The molecule has 1 fully saturated rings. The van der Waals surface area contributed by atoms with Crippen LogP contribution >= 0.6 is 11.3 Å². The summed E-state index contributed by atoms with van der Waals surface area (Å²) in [6, 6.07) is 1.95. The van der Waals surface area contributed by atoms with E-state index in [0.29, 0.717) is 30.9 Å². The van der Waals surface area contributed by atoms with Gasteiger partial charge in [-0.2, -0.15) is 5.26 Å². The molecule has 1 aromatic rings. The lowest BCUT2D eigenvalue weighted by atomic mass is 9.98. The average Bonchev–Trinajstić information content (AvgIpc) is 2.59. The lowest BCUT2D eigenvalue weighted by Gasteiger charge is -2.23. The minimum absolute atomic E-state index is 0.0380. The van der Waals surface area contributed by atoms with Crippen LogP contribution in [-0.4, -0.2) is 38.5 Å². The van der Waals surface area contributed by atoms with Gasteiger partial charge in [0.15, 0.2) is 9.84 Å². The third-order valence-corrected chi connectivity index (χ3v) is 6.16. The van der Waals surface area contributed by atoms with Gasteiger partial charge in [-0.05, 0) is 26.2 Å². The second-order valence-corrected chi connectivity index (χ2v) is 8.65. The van der Waals surface area contributed by atoms with Crippen molar-refractivity contribution in [1.29, 1.82) is 5.26 Å². The zero-order valence-corrected chi connectivity index (χ0v) is 13.7. The quantitative estimate of drug-likeness (QED) is 0.848. The van der Waals surface area contributed by atoms with Crippen LogP contribution in [0.3, 0.4) is 0 Å². The predicted octanol–water partition coefficient (Wildman–Crippen LogP) is 1.35. The molecular weight excluding hydrogens is 310 g/mol. The van der Waals surface area contributed by atoms with Gasteiger partial charge in [0.2, 0.25) is 0 Å². The molecule has 0 aromatic carbocycles. The molecule has 0 radical (unpaired) electrons. The average molecular weight is 329 g/mol. The molecule has 2 heterocycles. The molecule has 1 aliphatic heterocycles. The first kappa shape index (κ1) is 16.1. The number of nitriles is 1. The number of rotatable bonds is 2. The number of nitrogens with two attached hydrogens (primary N) is 1. The van der Waals surface area contributed by atoms with E-state index in [1.165, 1.54) is 0 Å². The molecule has 1 aliphatic rings. The van der Waals surface area contributed by atoms with Crippen molar-refractivity contribution in [3.05, 3.63) is 4.88 Å². The molecule has 1 saturated heterocycles. The third kappa shape index (κ3) is 3.31. The molecule has 0 aliphatic carbocycles. The Morgan fingerprint density at radius 2 is 2.10 bits per heavy atom. The standard InChI is InChI=1S/C13H19N3O3S2/c1-13(17)4-3-6-16(7-5-13)12-11(21(2,18)19)10(15)9(8-14)20-12/h17H,3-7,15H2,1-2H3. The van der Waals surface area contributed by atoms with Crippen molar-refractivity contribution in [3.8, 4) is 6.07 Å². The van der Waals surface area contributed by atoms with Gasteiger partial charge in [0.05, 0.1) is 11.3 Å². The van der Waals surface area contributed by atoms with Crippen molar-refractivity contribution in [2.24, 2.45) is 0 Å². The van der Waals surface area contributed by atoms with Gasteiger partial charge in [-0.15, -0.1) is 11.3 Å². The Bertz CT molecular complexity index is 686. The first-order valence-corrected chi connectivity index (χ1v) is 9.36. The van der Waals surface area contributed by atoms with Crippen molar-refractivity contribution in [3.63, 3.8) is 0 Å². The topological polar surface area (TPSA) is 107 Å². The summed E-state index contributed by atoms with van der Waals surface area (Å²) < 4.78 is 24.0. The number of nitrogens with zero attached hydrogens (tertiary/aromatic N) is 2. The van der Waals surface area contributed by atoms with Crippen LogP contribution in [0, 0.1) is 11.3 Å². The molecule has 1 unspecified atom stereocenters. The highest BCUT2D eigenvalue weighted by Gasteiger charge is 2.31. The Morgan fingerprint density at radius 1 is 1.43 bits per heavy atom. The number of hydrogen-bond donors (Lipinski definition) is 2. The second kappa shape index (κ2) is 5.48. The Morgan fingerprint density at radius 3 is 2.67 bits per heavy atom. The second-order valence-electron chi connectivity index (χ2n) is 5.70. The fourth-order valence-corrected chi connectivity index (χ4v) is 5.09. The van der Waals surface area contributed by atoms with Gasteiger partial charge in [-0.25, -0.2) is 8.42 Å². The highest BCUT2D eigenvalue weighted by atomic mass is 32.2. The molecule has 2 rings (SSSR count). The van der Waals surface area contributed by atoms with Crippen LogP contribution < -0.4 is 10.6 Å². The predicted molar refractivity (Wildman–Crippen MR) is 83.2 cm³/mol. The molecule has 0 amide bonds. The van der Waals surface area contributed by atoms with E-state index in [2.05, 4.69) is 0 Å². The van der Waals surface area contributed by atoms with Gasteiger partial charge in [0, 0.05) is 19.3 Å². The molecule has 116 valence electrons. The van der Waals surface area contributed by atoms with Gasteiger partial charge in [0.1, 0.15) is 20.8 Å². The molecule has 0 bridgehead atoms. The van der Waals surface area contributed by atoms with Crippen LogP contribution in [0.1, 0.15) is 31.1 Å². The van der Waals surface area contributed by atoms with Gasteiger partial charge < -0.3 is 15.7 Å². The van der Waals surface area contributed by atoms with Crippen molar-refractivity contribution in [1.82, 2.24) is 0 Å². The van der Waals surface area contributed by atoms with E-state index in [4.69, 9.17) is 11.0 Å². The summed E-state index contributed by atoms with van der Waals surface area (Å²) in [5, 5.41) is 19.7. The summed E-state index contributed by atoms with van der Waals surface area (Å²) in [6.07, 6.45) is 3.08.